The molecule has 2 aliphatic heterocycles. The summed E-state index contributed by atoms with van der Waals surface area (Å²) in [7, 11) is 0. The number of fused-ring (bicyclic) bond motifs is 3. The van der Waals surface area contributed by atoms with Gasteiger partial charge in [0, 0.05) is 49.4 Å². The molecule has 38 heavy (non-hydrogen) atoms. The first-order valence-corrected chi connectivity index (χ1v) is 13.9. The van der Waals surface area contributed by atoms with Crippen molar-refractivity contribution in [1.82, 2.24) is 24.5 Å². The lowest BCUT2D eigenvalue weighted by atomic mass is 9.93. The Labute approximate surface area is 223 Å². The van der Waals surface area contributed by atoms with E-state index in [0.717, 1.165) is 42.5 Å². The van der Waals surface area contributed by atoms with E-state index < -0.39 is 5.82 Å². The highest BCUT2D eigenvalue weighted by atomic mass is 19.1. The van der Waals surface area contributed by atoms with Crippen LogP contribution in [0.5, 0.6) is 0 Å². The Balaban J connectivity index is 1.33. The summed E-state index contributed by atoms with van der Waals surface area (Å²) in [5, 5.41) is 3.55. The number of hydrogen-bond acceptors (Lipinski definition) is 4. The number of nitrogens with one attached hydrogen (secondary N) is 1. The molecule has 2 saturated heterocycles. The number of aromatic nitrogens is 2. The minimum Gasteiger partial charge on any atom is -0.341 e. The van der Waals surface area contributed by atoms with Gasteiger partial charge in [0.25, 0.3) is 5.91 Å². The van der Waals surface area contributed by atoms with Crippen molar-refractivity contribution in [2.45, 2.75) is 70.5 Å². The Morgan fingerprint density at radius 2 is 2.03 bits per heavy atom. The molecule has 3 aliphatic rings. The number of benzene rings is 1. The SMILES string of the molecule is CCN(C(=O)c1cc(F)ccc1-c1cc(C2CCN(C(=O)[C@H]3N[C@@H]4CC[C@H]3C4)C2)cn2cncc12)C(C)C. The first kappa shape index (κ1) is 25.0. The second-order valence-electron chi connectivity index (χ2n) is 11.4. The molecule has 4 atom stereocenters. The maximum absolute atomic E-state index is 14.4. The largest absolute Gasteiger partial charge is 0.341 e. The molecule has 6 rings (SSSR count). The van der Waals surface area contributed by atoms with Crippen LogP contribution in [0.15, 0.2) is 43.0 Å². The third kappa shape index (κ3) is 4.28. The van der Waals surface area contributed by atoms with Crippen LogP contribution in [-0.4, -0.2) is 68.8 Å². The van der Waals surface area contributed by atoms with Crippen molar-refractivity contribution >= 4 is 17.3 Å². The fourth-order valence-corrected chi connectivity index (χ4v) is 6.88. The van der Waals surface area contributed by atoms with E-state index in [0.29, 0.717) is 36.2 Å². The molecule has 1 unspecified atom stereocenters. The predicted octanol–water partition coefficient (Wildman–Crippen LogP) is 4.47. The second kappa shape index (κ2) is 9.80. The minimum absolute atomic E-state index is 0.00322. The number of pyridine rings is 1. The Morgan fingerprint density at radius 1 is 1.18 bits per heavy atom. The molecular formula is C30H36FN5O2. The lowest BCUT2D eigenvalue weighted by molar-refractivity contribution is -0.133. The summed E-state index contributed by atoms with van der Waals surface area (Å²) in [6.07, 6.45) is 9.97. The fourth-order valence-electron chi connectivity index (χ4n) is 6.88. The van der Waals surface area contributed by atoms with Gasteiger partial charge in [0.1, 0.15) is 5.82 Å². The van der Waals surface area contributed by atoms with Crippen LogP contribution in [0.1, 0.15) is 68.3 Å². The van der Waals surface area contributed by atoms with Crippen molar-refractivity contribution in [3.63, 3.8) is 0 Å². The van der Waals surface area contributed by atoms with E-state index in [9.17, 15) is 14.0 Å². The first-order chi connectivity index (χ1) is 18.3. The predicted molar refractivity (Wildman–Crippen MR) is 144 cm³/mol. The minimum atomic E-state index is -0.434. The van der Waals surface area contributed by atoms with Crippen molar-refractivity contribution < 1.29 is 14.0 Å². The van der Waals surface area contributed by atoms with Gasteiger partial charge in [-0.25, -0.2) is 9.37 Å². The average molecular weight is 518 g/mol. The van der Waals surface area contributed by atoms with E-state index in [4.69, 9.17) is 0 Å². The Hall–Kier alpha value is -3.26. The van der Waals surface area contributed by atoms with Crippen molar-refractivity contribution in [2.24, 2.45) is 5.92 Å². The van der Waals surface area contributed by atoms with Crippen molar-refractivity contribution in [2.75, 3.05) is 19.6 Å². The third-order valence-electron chi connectivity index (χ3n) is 8.87. The molecule has 2 amide bonds. The van der Waals surface area contributed by atoms with E-state index in [-0.39, 0.29) is 29.8 Å². The summed E-state index contributed by atoms with van der Waals surface area (Å²) >= 11 is 0. The number of carbonyl (C=O) groups is 2. The highest BCUT2D eigenvalue weighted by Gasteiger charge is 2.45. The monoisotopic (exact) mass is 517 g/mol. The number of amides is 2. The summed E-state index contributed by atoms with van der Waals surface area (Å²) < 4.78 is 16.4. The molecule has 7 nitrogen and oxygen atoms in total. The maximum atomic E-state index is 14.4. The summed E-state index contributed by atoms with van der Waals surface area (Å²) in [4.78, 5) is 35.0. The Morgan fingerprint density at radius 3 is 2.74 bits per heavy atom. The number of hydrogen-bond donors (Lipinski definition) is 1. The number of likely N-dealkylation sites (tertiary alicyclic amines) is 1. The van der Waals surface area contributed by atoms with Gasteiger partial charge in [-0.3, -0.25) is 9.59 Å². The smallest absolute Gasteiger partial charge is 0.254 e. The molecule has 0 radical (unpaired) electrons. The van der Waals surface area contributed by atoms with Gasteiger partial charge < -0.3 is 19.5 Å². The molecular weight excluding hydrogens is 481 g/mol. The zero-order valence-corrected chi connectivity index (χ0v) is 22.4. The molecule has 0 spiro atoms. The molecule has 2 aromatic heterocycles. The van der Waals surface area contributed by atoms with Crippen LogP contribution in [-0.2, 0) is 4.79 Å². The number of nitrogens with zero attached hydrogens (tertiary/aromatic N) is 4. The summed E-state index contributed by atoms with van der Waals surface area (Å²) in [5.74, 6) is 0.283. The first-order valence-electron chi connectivity index (χ1n) is 13.9. The number of halogens is 1. The van der Waals surface area contributed by atoms with Gasteiger partial charge in [-0.05, 0) is 81.7 Å². The number of imidazole rings is 1. The van der Waals surface area contributed by atoms with Crippen molar-refractivity contribution in [1.29, 1.82) is 0 Å². The quantitative estimate of drug-likeness (QED) is 0.524. The topological polar surface area (TPSA) is 70.0 Å². The lowest BCUT2D eigenvalue weighted by Crippen LogP contribution is -2.48. The van der Waals surface area contributed by atoms with Crippen molar-refractivity contribution in [3.8, 4) is 11.1 Å². The molecule has 2 bridgehead atoms. The molecule has 8 heteroatoms. The van der Waals surface area contributed by atoms with Crippen molar-refractivity contribution in [3.05, 3.63) is 59.9 Å². The summed E-state index contributed by atoms with van der Waals surface area (Å²) in [5.41, 5.74) is 3.86. The second-order valence-corrected chi connectivity index (χ2v) is 11.4. The number of piperidine rings is 1. The standard InChI is InChI=1S/C30H36FN5O2/c1-4-36(18(2)3)29(37)26-13-22(31)6-8-24(26)25-12-21(16-35-17-32-14-27(25)35)20-9-10-34(15-20)30(38)28-19-5-7-23(11-19)33-28/h6,8,12-14,16-20,23,28,33H,4-5,7,9-11,15H2,1-3H3/t19-,20?,23+,28-/m0/s1. The van der Waals surface area contributed by atoms with Gasteiger partial charge in [0.05, 0.1) is 29.6 Å². The zero-order chi connectivity index (χ0) is 26.6. The molecule has 1 aromatic carbocycles. The van der Waals surface area contributed by atoms with Crippen LogP contribution in [0.2, 0.25) is 0 Å². The van der Waals surface area contributed by atoms with Crippen LogP contribution < -0.4 is 5.32 Å². The lowest BCUT2D eigenvalue weighted by Gasteiger charge is -2.27. The van der Waals surface area contributed by atoms with Gasteiger partial charge in [0.2, 0.25) is 5.91 Å². The summed E-state index contributed by atoms with van der Waals surface area (Å²) in [6, 6.07) is 7.04. The van der Waals surface area contributed by atoms with Gasteiger partial charge >= 0.3 is 0 Å². The van der Waals surface area contributed by atoms with E-state index in [2.05, 4.69) is 22.6 Å². The molecule has 200 valence electrons. The van der Waals surface area contributed by atoms with Crippen LogP contribution in [0.25, 0.3) is 16.6 Å². The Kier molecular flexibility index (Phi) is 6.46. The molecule has 3 fully saturated rings. The van der Waals surface area contributed by atoms with E-state index in [1.807, 2.05) is 30.1 Å². The molecule has 1 saturated carbocycles. The van der Waals surface area contributed by atoms with E-state index >= 15 is 0 Å². The Bertz CT molecular complexity index is 1380. The zero-order valence-electron chi connectivity index (χ0n) is 22.4. The fraction of sp³-hybridized carbons (Fsp3) is 0.500. The normalized spacial score (nSPS) is 24.6. The molecule has 3 aromatic rings. The number of rotatable bonds is 6. The maximum Gasteiger partial charge on any atom is 0.254 e. The van der Waals surface area contributed by atoms with Gasteiger partial charge in [-0.15, -0.1) is 0 Å². The highest BCUT2D eigenvalue weighted by Crippen LogP contribution is 2.38. The highest BCUT2D eigenvalue weighted by molar-refractivity contribution is 6.03. The van der Waals surface area contributed by atoms with Gasteiger partial charge in [-0.1, -0.05) is 6.07 Å². The molecule has 1 aliphatic carbocycles. The molecule has 1 N–H and O–H groups in total. The van der Waals surface area contributed by atoms with Crippen LogP contribution in [0, 0.1) is 11.7 Å². The number of carbonyl (C=O) groups excluding carboxylic acids is 2. The van der Waals surface area contributed by atoms with Crippen LogP contribution >= 0.6 is 0 Å². The van der Waals surface area contributed by atoms with Gasteiger partial charge in [-0.2, -0.15) is 0 Å². The van der Waals surface area contributed by atoms with E-state index in [1.54, 1.807) is 23.5 Å². The van der Waals surface area contributed by atoms with E-state index in [1.165, 1.54) is 18.6 Å². The molecule has 4 heterocycles. The van der Waals surface area contributed by atoms with Crippen LogP contribution in [0.3, 0.4) is 0 Å². The van der Waals surface area contributed by atoms with Gasteiger partial charge in [0.15, 0.2) is 0 Å². The van der Waals surface area contributed by atoms with Crippen LogP contribution in [0.4, 0.5) is 4.39 Å². The average Bonchev–Trinajstić information content (AvgIpc) is 3.72. The third-order valence-corrected chi connectivity index (χ3v) is 8.87. The summed E-state index contributed by atoms with van der Waals surface area (Å²) in [6.45, 7) is 7.84.